The summed E-state index contributed by atoms with van der Waals surface area (Å²) in [6.45, 7) is 11.7. The average molecular weight is 742 g/mol. The fraction of sp³-hybridized carbons (Fsp3) is 1.00. The molecule has 0 aliphatic rings. The third-order valence-electron chi connectivity index (χ3n) is 11.7. The van der Waals surface area contributed by atoms with E-state index in [0.29, 0.717) is 6.42 Å². The first kappa shape index (κ1) is 50.9. The van der Waals surface area contributed by atoms with Crippen molar-refractivity contribution < 1.29 is 17.5 Å². The van der Waals surface area contributed by atoms with Crippen molar-refractivity contribution in [2.45, 2.75) is 265 Å². The second-order valence-electron chi connectivity index (χ2n) is 16.9. The number of rotatable bonds is 44. The van der Waals surface area contributed by atoms with Gasteiger partial charge in [-0.05, 0) is 51.4 Å². The Morgan fingerprint density at radius 3 is 0.667 bits per heavy atom. The first-order chi connectivity index (χ1) is 24.9. The van der Waals surface area contributed by atoms with E-state index < -0.39 is 10.1 Å². The van der Waals surface area contributed by atoms with Gasteiger partial charge in [0.1, 0.15) is 0 Å². The Kier molecular flexibility index (Phi) is 39.5. The number of hydrogen-bond donors (Lipinski definition) is 0. The van der Waals surface area contributed by atoms with Crippen LogP contribution in [0.4, 0.5) is 0 Å². The molecule has 0 saturated heterocycles. The van der Waals surface area contributed by atoms with E-state index in [0.717, 1.165) is 13.0 Å². The zero-order valence-corrected chi connectivity index (χ0v) is 36.3. The van der Waals surface area contributed by atoms with Crippen LogP contribution in [-0.4, -0.2) is 49.4 Å². The lowest BCUT2D eigenvalue weighted by Crippen LogP contribution is -2.51. The smallest absolute Gasteiger partial charge is 0.0945 e. The summed E-state index contributed by atoms with van der Waals surface area (Å²) in [5, 5.41) is 0. The lowest BCUT2D eigenvalue weighted by Gasteiger charge is -2.40. The van der Waals surface area contributed by atoms with Crippen LogP contribution in [0.3, 0.4) is 0 Å². The molecule has 51 heavy (non-hydrogen) atoms. The molecule has 0 aromatic rings. The molecule has 0 aliphatic carbocycles. The molecular weight excluding hydrogens is 647 g/mol. The van der Waals surface area contributed by atoms with Gasteiger partial charge in [0.25, 0.3) is 0 Å². The Balaban J connectivity index is 4.81. The summed E-state index contributed by atoms with van der Waals surface area (Å²) in [7, 11) is -4.12. The Morgan fingerprint density at radius 1 is 0.294 bits per heavy atom. The Hall–Kier alpha value is -0.130. The molecule has 0 radical (unpaired) electrons. The maximum absolute atomic E-state index is 11.4. The lowest BCUT2D eigenvalue weighted by molar-refractivity contribution is -0.929. The van der Waals surface area contributed by atoms with E-state index in [1.807, 2.05) is 0 Å². The van der Waals surface area contributed by atoms with E-state index in [2.05, 4.69) is 20.8 Å². The summed E-state index contributed by atoms with van der Waals surface area (Å²) >= 11 is 0. The van der Waals surface area contributed by atoms with Gasteiger partial charge in [-0.25, -0.2) is 8.42 Å². The maximum atomic E-state index is 11.4. The molecule has 0 atom stereocenters. The number of nitrogens with zero attached hydrogens (tertiary/aromatic N) is 1. The predicted octanol–water partition coefficient (Wildman–Crippen LogP) is 15.2. The minimum atomic E-state index is -4.12. The third kappa shape index (κ3) is 39.4. The van der Waals surface area contributed by atoms with E-state index in [9.17, 15) is 13.0 Å². The molecule has 5 heteroatoms. The van der Waals surface area contributed by atoms with Gasteiger partial charge < -0.3 is 9.04 Å². The van der Waals surface area contributed by atoms with Crippen molar-refractivity contribution in [2.75, 3.05) is 31.9 Å². The molecule has 0 saturated carbocycles. The van der Waals surface area contributed by atoms with Crippen molar-refractivity contribution in [3.8, 4) is 0 Å². The second-order valence-corrected chi connectivity index (χ2v) is 18.4. The summed E-state index contributed by atoms with van der Waals surface area (Å²) in [5.41, 5.74) is 0. The number of hydrogen-bond acceptors (Lipinski definition) is 3. The summed E-state index contributed by atoms with van der Waals surface area (Å²) in [4.78, 5) is 0. The Morgan fingerprint density at radius 2 is 0.471 bits per heavy atom. The largest absolute Gasteiger partial charge is 0.748 e. The molecule has 308 valence electrons. The molecule has 0 rings (SSSR count). The van der Waals surface area contributed by atoms with E-state index in [4.69, 9.17) is 0 Å². The number of unbranched alkanes of at least 4 members (excludes halogenated alkanes) is 34. The highest BCUT2D eigenvalue weighted by atomic mass is 32.2. The molecular formula is C46H95NO3S. The molecule has 0 N–H and O–H groups in total. The van der Waals surface area contributed by atoms with Crippen LogP contribution < -0.4 is 0 Å². The van der Waals surface area contributed by atoms with Crippen molar-refractivity contribution >= 4 is 10.1 Å². The molecule has 0 amide bonds. The highest BCUT2D eigenvalue weighted by Crippen LogP contribution is 2.21. The summed E-state index contributed by atoms with van der Waals surface area (Å²) < 4.78 is 35.3. The molecule has 0 unspecified atom stereocenters. The van der Waals surface area contributed by atoms with E-state index in [-0.39, 0.29) is 5.75 Å². The van der Waals surface area contributed by atoms with E-state index in [1.54, 1.807) is 0 Å². The van der Waals surface area contributed by atoms with Crippen LogP contribution in [-0.2, 0) is 10.1 Å². The van der Waals surface area contributed by atoms with E-state index in [1.165, 1.54) is 255 Å². The zero-order chi connectivity index (χ0) is 37.4. The highest BCUT2D eigenvalue weighted by molar-refractivity contribution is 7.85. The average Bonchev–Trinajstić information content (AvgIpc) is 3.11. The van der Waals surface area contributed by atoms with Crippen LogP contribution in [0, 0.1) is 0 Å². The first-order valence-electron chi connectivity index (χ1n) is 23.7. The lowest BCUT2D eigenvalue weighted by atomic mass is 10.0. The molecule has 0 aromatic carbocycles. The molecule has 0 aromatic heterocycles. The monoisotopic (exact) mass is 742 g/mol. The van der Waals surface area contributed by atoms with Crippen molar-refractivity contribution in [1.82, 2.24) is 0 Å². The third-order valence-corrected chi connectivity index (χ3v) is 12.5. The van der Waals surface area contributed by atoms with Gasteiger partial charge in [0.2, 0.25) is 0 Å². The maximum Gasteiger partial charge on any atom is 0.0945 e. The second kappa shape index (κ2) is 39.6. The van der Waals surface area contributed by atoms with Crippen LogP contribution >= 0.6 is 0 Å². The SMILES string of the molecule is CCCCCCCCCCCCCC[N+](CCCCCCCCCCCCCC)(CCCCCCCCCCCCCC)CCCCS(=O)(=O)[O-]. The van der Waals surface area contributed by atoms with Crippen molar-refractivity contribution in [3.05, 3.63) is 0 Å². The number of quaternary nitrogens is 1. The van der Waals surface area contributed by atoms with E-state index >= 15 is 0 Å². The molecule has 0 bridgehead atoms. The van der Waals surface area contributed by atoms with Crippen LogP contribution in [0.1, 0.15) is 265 Å². The van der Waals surface area contributed by atoms with Gasteiger partial charge in [-0.1, -0.05) is 213 Å². The van der Waals surface area contributed by atoms with Crippen LogP contribution in [0.5, 0.6) is 0 Å². The van der Waals surface area contributed by atoms with Gasteiger partial charge in [0.15, 0.2) is 0 Å². The van der Waals surface area contributed by atoms with Crippen LogP contribution in [0.15, 0.2) is 0 Å². The fourth-order valence-corrected chi connectivity index (χ4v) is 8.82. The molecule has 0 spiro atoms. The van der Waals surface area contributed by atoms with Crippen LogP contribution in [0.2, 0.25) is 0 Å². The fourth-order valence-electron chi connectivity index (χ4n) is 8.26. The van der Waals surface area contributed by atoms with Crippen molar-refractivity contribution in [2.24, 2.45) is 0 Å². The molecule has 0 fully saturated rings. The van der Waals surface area contributed by atoms with Gasteiger partial charge >= 0.3 is 0 Å². The minimum absolute atomic E-state index is 0.192. The topological polar surface area (TPSA) is 57.2 Å². The first-order valence-corrected chi connectivity index (χ1v) is 25.3. The summed E-state index contributed by atoms with van der Waals surface area (Å²) in [6.07, 6.45) is 51.2. The van der Waals surface area contributed by atoms with Gasteiger partial charge in [-0.2, -0.15) is 0 Å². The Labute approximate surface area is 323 Å². The standard InChI is InChI=1S/C46H95NO3S/c1-4-7-10-13-16-19-22-25-28-31-34-37-42-47(45-40-41-46-51(48,49)50,43-38-35-32-29-26-23-20-17-14-11-8-5-2)44-39-36-33-30-27-24-21-18-15-12-9-6-3/h4-46H2,1-3H3. The van der Waals surface area contributed by atoms with Gasteiger partial charge in [0, 0.05) is 5.75 Å². The molecule has 0 heterocycles. The van der Waals surface area contributed by atoms with Crippen molar-refractivity contribution in [3.63, 3.8) is 0 Å². The highest BCUT2D eigenvalue weighted by Gasteiger charge is 2.26. The minimum Gasteiger partial charge on any atom is -0.748 e. The predicted molar refractivity (Wildman–Crippen MR) is 227 cm³/mol. The Bertz CT molecular complexity index is 701. The normalized spacial score (nSPS) is 12.3. The zero-order valence-electron chi connectivity index (χ0n) is 35.5. The van der Waals surface area contributed by atoms with Gasteiger partial charge in [-0.15, -0.1) is 0 Å². The van der Waals surface area contributed by atoms with Crippen LogP contribution in [0.25, 0.3) is 0 Å². The van der Waals surface area contributed by atoms with Gasteiger partial charge in [-0.3, -0.25) is 0 Å². The quantitative estimate of drug-likeness (QED) is 0.0355. The van der Waals surface area contributed by atoms with Gasteiger partial charge in [0.05, 0.1) is 36.3 Å². The summed E-state index contributed by atoms with van der Waals surface area (Å²) in [5.74, 6) is -0.192. The van der Waals surface area contributed by atoms with Crippen molar-refractivity contribution in [1.29, 1.82) is 0 Å². The molecule has 0 aliphatic heterocycles. The summed E-state index contributed by atoms with van der Waals surface area (Å²) in [6, 6.07) is 0. The molecule has 4 nitrogen and oxygen atoms in total.